The quantitative estimate of drug-likeness (QED) is 0.250. The molecule has 0 unspecified atom stereocenters. The summed E-state index contributed by atoms with van der Waals surface area (Å²) in [6.45, 7) is 0.853. The van der Waals surface area contributed by atoms with Crippen LogP contribution >= 0.6 is 39.9 Å². The van der Waals surface area contributed by atoms with E-state index in [2.05, 4.69) is 26.2 Å². The lowest BCUT2D eigenvalue weighted by molar-refractivity contribution is 0.328. The predicted molar refractivity (Wildman–Crippen MR) is 115 cm³/mol. The van der Waals surface area contributed by atoms with E-state index in [1.165, 1.54) is 0 Å². The zero-order valence-electron chi connectivity index (χ0n) is 14.0. The Labute approximate surface area is 172 Å². The fourth-order valence-corrected chi connectivity index (χ4v) is 2.35. The Morgan fingerprint density at radius 3 is 2.60 bits per heavy atom. The molecule has 0 radical (unpaired) electrons. The number of nitrogens with zero attached hydrogens (tertiary/aromatic N) is 1. The first-order chi connectivity index (χ1) is 11.6. The fraction of sp³-hybridized carbons (Fsp3) is 0.235. The number of benzene rings is 2. The summed E-state index contributed by atoms with van der Waals surface area (Å²) >= 11 is 3.40. The molecule has 0 aliphatic heterocycles. The summed E-state index contributed by atoms with van der Waals surface area (Å²) in [4.78, 5) is 4.24. The summed E-state index contributed by atoms with van der Waals surface area (Å²) in [6, 6.07) is 13.0. The second-order valence-electron chi connectivity index (χ2n) is 4.76. The maximum Gasteiger partial charge on any atom is 0.193 e. The van der Waals surface area contributed by atoms with Crippen molar-refractivity contribution in [1.82, 2.24) is 0 Å². The number of nitrogens with one attached hydrogen (secondary N) is 1. The number of methoxy groups -OCH3 is 2. The van der Waals surface area contributed by atoms with E-state index in [9.17, 15) is 0 Å². The van der Waals surface area contributed by atoms with Gasteiger partial charge in [-0.15, -0.1) is 24.0 Å². The molecule has 2 aromatic carbocycles. The molecule has 0 amide bonds. The Morgan fingerprint density at radius 1 is 1.12 bits per heavy atom. The number of ether oxygens (including phenoxy) is 3. The van der Waals surface area contributed by atoms with E-state index in [4.69, 9.17) is 19.9 Å². The molecule has 0 atom stereocenters. The van der Waals surface area contributed by atoms with Gasteiger partial charge >= 0.3 is 0 Å². The molecule has 0 bridgehead atoms. The van der Waals surface area contributed by atoms with Crippen LogP contribution in [0.2, 0.25) is 0 Å². The smallest absolute Gasteiger partial charge is 0.193 e. The number of halogens is 2. The molecule has 0 aliphatic rings. The molecule has 0 fully saturated rings. The monoisotopic (exact) mass is 521 g/mol. The molecule has 0 saturated heterocycles. The first kappa shape index (κ1) is 21.4. The normalized spacial score (nSPS) is 10.6. The minimum atomic E-state index is 0. The summed E-state index contributed by atoms with van der Waals surface area (Å²) in [5, 5.41) is 3.00. The van der Waals surface area contributed by atoms with Gasteiger partial charge < -0.3 is 25.3 Å². The van der Waals surface area contributed by atoms with Crippen molar-refractivity contribution in [2.24, 2.45) is 10.7 Å². The second kappa shape index (κ2) is 11.0. The van der Waals surface area contributed by atoms with E-state index in [1.807, 2.05) is 30.3 Å². The van der Waals surface area contributed by atoms with Crippen molar-refractivity contribution in [3.05, 3.63) is 46.9 Å². The van der Waals surface area contributed by atoms with E-state index in [0.717, 1.165) is 10.2 Å². The van der Waals surface area contributed by atoms with Crippen molar-refractivity contribution in [1.29, 1.82) is 0 Å². The number of rotatable bonds is 7. The van der Waals surface area contributed by atoms with Gasteiger partial charge in [-0.3, -0.25) is 0 Å². The lowest BCUT2D eigenvalue weighted by Gasteiger charge is -2.12. The van der Waals surface area contributed by atoms with E-state index in [1.54, 1.807) is 26.4 Å². The second-order valence-corrected chi connectivity index (χ2v) is 5.68. The van der Waals surface area contributed by atoms with Gasteiger partial charge in [-0.1, -0.05) is 22.0 Å². The van der Waals surface area contributed by atoms with Crippen LogP contribution in [0.5, 0.6) is 17.2 Å². The van der Waals surface area contributed by atoms with Crippen LogP contribution in [-0.4, -0.2) is 33.3 Å². The van der Waals surface area contributed by atoms with Crippen LogP contribution in [-0.2, 0) is 0 Å². The molecule has 3 N–H and O–H groups in total. The van der Waals surface area contributed by atoms with Crippen LogP contribution < -0.4 is 25.3 Å². The van der Waals surface area contributed by atoms with Gasteiger partial charge in [0.15, 0.2) is 5.96 Å². The molecule has 0 aromatic heterocycles. The summed E-state index contributed by atoms with van der Waals surface area (Å²) in [7, 11) is 3.19. The number of guanidine groups is 1. The van der Waals surface area contributed by atoms with Gasteiger partial charge in [-0.05, 0) is 30.3 Å². The Morgan fingerprint density at radius 2 is 1.92 bits per heavy atom. The van der Waals surface area contributed by atoms with E-state index < -0.39 is 0 Å². The number of aliphatic imine (C=N–C) groups is 1. The third kappa shape index (κ3) is 6.99. The zero-order chi connectivity index (χ0) is 17.4. The average molecular weight is 522 g/mol. The third-order valence-corrected chi connectivity index (χ3v) is 3.60. The highest BCUT2D eigenvalue weighted by molar-refractivity contribution is 14.0. The van der Waals surface area contributed by atoms with Gasteiger partial charge in [0.25, 0.3) is 0 Å². The molecule has 0 heterocycles. The van der Waals surface area contributed by atoms with Gasteiger partial charge in [-0.2, -0.15) is 0 Å². The van der Waals surface area contributed by atoms with Crippen molar-refractivity contribution < 1.29 is 14.2 Å². The lowest BCUT2D eigenvalue weighted by atomic mass is 10.2. The van der Waals surface area contributed by atoms with Crippen LogP contribution in [0.15, 0.2) is 51.9 Å². The van der Waals surface area contributed by atoms with Crippen molar-refractivity contribution in [2.45, 2.75) is 0 Å². The van der Waals surface area contributed by atoms with E-state index in [0.29, 0.717) is 30.3 Å². The van der Waals surface area contributed by atoms with Crippen molar-refractivity contribution in [3.63, 3.8) is 0 Å². The minimum Gasteiger partial charge on any atom is -0.497 e. The Hall–Kier alpha value is -1.68. The molecule has 6 nitrogen and oxygen atoms in total. The van der Waals surface area contributed by atoms with E-state index in [-0.39, 0.29) is 29.9 Å². The number of hydrogen-bond acceptors (Lipinski definition) is 4. The number of anilines is 1. The maximum absolute atomic E-state index is 5.90. The molecular formula is C17H21BrIN3O3. The minimum absolute atomic E-state index is 0. The van der Waals surface area contributed by atoms with Crippen LogP contribution in [0.1, 0.15) is 0 Å². The number of nitrogens with two attached hydrogens (primary N) is 1. The van der Waals surface area contributed by atoms with Crippen LogP contribution in [0.3, 0.4) is 0 Å². The standard InChI is InChI=1S/C17H20BrN3O3.HI/c1-22-13-6-7-16(23-2)15(11-13)21-17(19)20-8-9-24-14-5-3-4-12(18)10-14;/h3-7,10-11H,8-9H2,1-2H3,(H3,19,20,21);1H. The topological polar surface area (TPSA) is 78.1 Å². The van der Waals surface area contributed by atoms with Gasteiger partial charge in [0.2, 0.25) is 0 Å². The first-order valence-electron chi connectivity index (χ1n) is 7.29. The van der Waals surface area contributed by atoms with Crippen LogP contribution in [0.25, 0.3) is 0 Å². The molecular weight excluding hydrogens is 501 g/mol. The van der Waals surface area contributed by atoms with Crippen molar-refractivity contribution in [2.75, 3.05) is 32.7 Å². The lowest BCUT2D eigenvalue weighted by Crippen LogP contribution is -2.24. The SMILES string of the molecule is COc1ccc(OC)c(NC(N)=NCCOc2cccc(Br)c2)c1.I. The molecule has 0 saturated carbocycles. The molecule has 136 valence electrons. The molecule has 0 aliphatic carbocycles. The molecule has 2 rings (SSSR count). The summed E-state index contributed by atoms with van der Waals surface area (Å²) in [6.07, 6.45) is 0. The van der Waals surface area contributed by atoms with Crippen LogP contribution in [0, 0.1) is 0 Å². The highest BCUT2D eigenvalue weighted by Gasteiger charge is 2.06. The van der Waals surface area contributed by atoms with Crippen molar-refractivity contribution in [3.8, 4) is 17.2 Å². The summed E-state index contributed by atoms with van der Waals surface area (Å²) in [5.41, 5.74) is 6.59. The third-order valence-electron chi connectivity index (χ3n) is 3.11. The highest BCUT2D eigenvalue weighted by atomic mass is 127. The van der Waals surface area contributed by atoms with Gasteiger partial charge in [0.1, 0.15) is 23.9 Å². The van der Waals surface area contributed by atoms with Gasteiger partial charge in [-0.25, -0.2) is 4.99 Å². The fourth-order valence-electron chi connectivity index (χ4n) is 1.98. The molecule has 25 heavy (non-hydrogen) atoms. The van der Waals surface area contributed by atoms with Gasteiger partial charge in [0.05, 0.1) is 26.5 Å². The molecule has 2 aromatic rings. The molecule has 0 spiro atoms. The van der Waals surface area contributed by atoms with Gasteiger partial charge in [0, 0.05) is 10.5 Å². The Balaban J connectivity index is 0.00000312. The largest absolute Gasteiger partial charge is 0.497 e. The van der Waals surface area contributed by atoms with E-state index >= 15 is 0 Å². The average Bonchev–Trinajstić information content (AvgIpc) is 2.58. The zero-order valence-corrected chi connectivity index (χ0v) is 17.9. The Bertz CT molecular complexity index is 713. The molecule has 8 heteroatoms. The van der Waals surface area contributed by atoms with Crippen molar-refractivity contribution >= 4 is 51.6 Å². The Kier molecular flexibility index (Phi) is 9.43. The van der Waals surface area contributed by atoms with Crippen LogP contribution in [0.4, 0.5) is 5.69 Å². The predicted octanol–water partition coefficient (Wildman–Crippen LogP) is 3.89. The number of hydrogen-bond donors (Lipinski definition) is 2. The summed E-state index contributed by atoms with van der Waals surface area (Å²) in [5.74, 6) is 2.41. The first-order valence-corrected chi connectivity index (χ1v) is 8.09. The highest BCUT2D eigenvalue weighted by Crippen LogP contribution is 2.28. The maximum atomic E-state index is 5.90. The summed E-state index contributed by atoms with van der Waals surface area (Å²) < 4.78 is 17.0.